The third-order valence-corrected chi connectivity index (χ3v) is 4.69. The third-order valence-electron chi connectivity index (χ3n) is 3.35. The molecule has 0 unspecified atom stereocenters. The number of hydrogen-bond donors (Lipinski definition) is 2. The Morgan fingerprint density at radius 3 is 2.52 bits per heavy atom. The molecule has 0 bridgehead atoms. The van der Waals surface area contributed by atoms with Crippen LogP contribution in [0.4, 0.5) is 10.7 Å². The van der Waals surface area contributed by atoms with Crippen molar-refractivity contribution in [2.75, 3.05) is 12.4 Å². The molecule has 2 aromatic heterocycles. The van der Waals surface area contributed by atoms with Crippen LogP contribution in [0.3, 0.4) is 0 Å². The first-order chi connectivity index (χ1) is 13.9. The van der Waals surface area contributed by atoms with Gasteiger partial charge in [-0.15, -0.1) is 0 Å². The minimum atomic E-state index is -4.31. The number of benzene rings is 1. The molecule has 12 heteroatoms. The molecule has 3 rings (SSSR count). The van der Waals surface area contributed by atoms with Gasteiger partial charge in [0.25, 0.3) is 10.0 Å². The van der Waals surface area contributed by atoms with Gasteiger partial charge in [0.15, 0.2) is 0 Å². The van der Waals surface area contributed by atoms with Gasteiger partial charge in [0.2, 0.25) is 11.8 Å². The fourth-order valence-electron chi connectivity index (χ4n) is 2.17. The van der Waals surface area contributed by atoms with E-state index in [-0.39, 0.29) is 28.6 Å². The molecule has 2 amide bonds. The zero-order valence-electron chi connectivity index (χ0n) is 15.4. The molecule has 0 radical (unpaired) electrons. The van der Waals surface area contributed by atoms with Crippen molar-refractivity contribution < 1.29 is 22.7 Å². The van der Waals surface area contributed by atoms with Crippen LogP contribution in [0.5, 0.6) is 17.6 Å². The lowest BCUT2D eigenvalue weighted by molar-refractivity contribution is 0.256. The highest BCUT2D eigenvalue weighted by molar-refractivity contribution is 7.90. The Labute approximate surface area is 166 Å². The number of nitrogens with zero attached hydrogens (tertiary/aromatic N) is 4. The van der Waals surface area contributed by atoms with E-state index in [1.807, 2.05) is 4.72 Å². The van der Waals surface area contributed by atoms with Crippen LogP contribution >= 0.6 is 0 Å². The van der Waals surface area contributed by atoms with E-state index in [4.69, 9.17) is 9.47 Å². The minimum Gasteiger partial charge on any atom is -0.467 e. The largest absolute Gasteiger partial charge is 0.467 e. The maximum atomic E-state index is 12.7. The molecule has 2 heterocycles. The zero-order chi connectivity index (χ0) is 20.9. The number of nitrogens with one attached hydrogen (secondary N) is 2. The highest BCUT2D eigenvalue weighted by Gasteiger charge is 2.24. The maximum Gasteiger partial charge on any atom is 0.335 e. The third kappa shape index (κ3) is 5.13. The summed E-state index contributed by atoms with van der Waals surface area (Å²) in [5.74, 6) is 0.311. The van der Waals surface area contributed by atoms with E-state index in [1.165, 1.54) is 25.4 Å². The molecule has 0 spiro atoms. The molecule has 0 aliphatic rings. The van der Waals surface area contributed by atoms with Gasteiger partial charge in [-0.2, -0.15) is 15.0 Å². The topological polar surface area (TPSA) is 145 Å². The number of pyridine rings is 1. The first kappa shape index (κ1) is 19.9. The van der Waals surface area contributed by atoms with Crippen molar-refractivity contribution >= 4 is 22.0 Å². The predicted octanol–water partition coefficient (Wildman–Crippen LogP) is 1.89. The van der Waals surface area contributed by atoms with Gasteiger partial charge in [0.05, 0.1) is 7.11 Å². The van der Waals surface area contributed by atoms with Crippen LogP contribution in [-0.2, 0) is 10.0 Å². The van der Waals surface area contributed by atoms with Crippen LogP contribution in [0.15, 0.2) is 53.6 Å². The number of carbonyl (C=O) groups excluding carboxylic acids is 1. The average molecular weight is 416 g/mol. The number of aryl methyl sites for hydroxylation is 1. The summed E-state index contributed by atoms with van der Waals surface area (Å²) in [4.78, 5) is 27.4. The number of amides is 2. The Bertz CT molecular complexity index is 1120. The monoisotopic (exact) mass is 416 g/mol. The van der Waals surface area contributed by atoms with E-state index in [1.54, 1.807) is 37.3 Å². The Morgan fingerprint density at radius 1 is 1.03 bits per heavy atom. The number of ether oxygens (including phenoxy) is 2. The standard InChI is InChI=1S/C17H16N6O5S/c1-11-19-15(22-17(20-11)27-2)21-16(24)23-29(25,26)13-9-6-10-18-14(13)28-12-7-4-3-5-8-12/h3-10H,1-2H3,(H2,19,20,21,22,23,24). The van der Waals surface area contributed by atoms with Gasteiger partial charge in [-0.1, -0.05) is 18.2 Å². The van der Waals surface area contributed by atoms with Gasteiger partial charge in [-0.3, -0.25) is 5.32 Å². The summed E-state index contributed by atoms with van der Waals surface area (Å²) in [6.07, 6.45) is 1.37. The van der Waals surface area contributed by atoms with Gasteiger partial charge < -0.3 is 9.47 Å². The van der Waals surface area contributed by atoms with Gasteiger partial charge in [0, 0.05) is 6.20 Å². The second kappa shape index (κ2) is 8.48. The molecule has 11 nitrogen and oxygen atoms in total. The summed E-state index contributed by atoms with van der Waals surface area (Å²) in [6.45, 7) is 1.56. The van der Waals surface area contributed by atoms with E-state index in [2.05, 4.69) is 25.3 Å². The Balaban J connectivity index is 1.79. The molecule has 1 aromatic carbocycles. The zero-order valence-corrected chi connectivity index (χ0v) is 16.2. The summed E-state index contributed by atoms with van der Waals surface area (Å²) < 4.78 is 37.6. The summed E-state index contributed by atoms with van der Waals surface area (Å²) in [6, 6.07) is 10.1. The number of aromatic nitrogens is 4. The molecule has 0 saturated carbocycles. The minimum absolute atomic E-state index is 0.0264. The van der Waals surface area contributed by atoms with E-state index >= 15 is 0 Å². The molecule has 0 aliphatic carbocycles. The van der Waals surface area contributed by atoms with Crippen LogP contribution < -0.4 is 19.5 Å². The Hall–Kier alpha value is -3.80. The first-order valence-corrected chi connectivity index (χ1v) is 9.64. The van der Waals surface area contributed by atoms with E-state index in [0.29, 0.717) is 5.75 Å². The van der Waals surface area contributed by atoms with Crippen LogP contribution in [0.2, 0.25) is 0 Å². The first-order valence-electron chi connectivity index (χ1n) is 8.16. The fraction of sp³-hybridized carbons (Fsp3) is 0.118. The number of hydrogen-bond acceptors (Lipinski definition) is 9. The summed E-state index contributed by atoms with van der Waals surface area (Å²) >= 11 is 0. The van der Waals surface area contributed by atoms with Crippen LogP contribution in [-0.4, -0.2) is 41.5 Å². The molecular formula is C17H16N6O5S. The summed E-state index contributed by atoms with van der Waals surface area (Å²) in [5.41, 5.74) is 0. The number of para-hydroxylation sites is 1. The number of methoxy groups -OCH3 is 1. The number of urea groups is 1. The lowest BCUT2D eigenvalue weighted by Crippen LogP contribution is -2.35. The van der Waals surface area contributed by atoms with Gasteiger partial charge >= 0.3 is 12.0 Å². The number of rotatable bonds is 6. The molecule has 0 atom stereocenters. The van der Waals surface area contributed by atoms with E-state index in [9.17, 15) is 13.2 Å². The highest BCUT2D eigenvalue weighted by Crippen LogP contribution is 2.26. The molecule has 0 aliphatic heterocycles. The van der Waals surface area contributed by atoms with Crippen LogP contribution in [0.1, 0.15) is 5.82 Å². The van der Waals surface area contributed by atoms with Gasteiger partial charge in [-0.05, 0) is 31.2 Å². The summed E-state index contributed by atoms with van der Waals surface area (Å²) in [7, 11) is -2.96. The van der Waals surface area contributed by atoms with Crippen molar-refractivity contribution in [3.8, 4) is 17.6 Å². The maximum absolute atomic E-state index is 12.7. The molecule has 2 N–H and O–H groups in total. The predicted molar refractivity (Wildman–Crippen MR) is 101 cm³/mol. The Kier molecular flexibility index (Phi) is 5.83. The van der Waals surface area contributed by atoms with Crippen LogP contribution in [0.25, 0.3) is 0 Å². The molecule has 3 aromatic rings. The van der Waals surface area contributed by atoms with E-state index in [0.717, 1.165) is 0 Å². The van der Waals surface area contributed by atoms with Crippen LogP contribution in [0, 0.1) is 6.92 Å². The van der Waals surface area contributed by atoms with Gasteiger partial charge in [0.1, 0.15) is 16.5 Å². The number of anilines is 1. The fourth-order valence-corrected chi connectivity index (χ4v) is 3.15. The van der Waals surface area contributed by atoms with Crippen molar-refractivity contribution in [2.45, 2.75) is 11.8 Å². The van der Waals surface area contributed by atoms with Crippen molar-refractivity contribution in [2.24, 2.45) is 0 Å². The second-order valence-corrected chi connectivity index (χ2v) is 7.13. The smallest absolute Gasteiger partial charge is 0.335 e. The number of carbonyl (C=O) groups is 1. The van der Waals surface area contributed by atoms with E-state index < -0.39 is 16.1 Å². The SMILES string of the molecule is COc1nc(C)nc(NC(=O)NS(=O)(=O)c2cccnc2Oc2ccccc2)n1. The second-order valence-electron chi connectivity index (χ2n) is 5.47. The molecule has 0 fully saturated rings. The molecule has 29 heavy (non-hydrogen) atoms. The molecule has 150 valence electrons. The lowest BCUT2D eigenvalue weighted by atomic mass is 10.3. The van der Waals surface area contributed by atoms with Crippen molar-refractivity contribution in [1.29, 1.82) is 0 Å². The lowest BCUT2D eigenvalue weighted by Gasteiger charge is -2.11. The number of sulfonamides is 1. The van der Waals surface area contributed by atoms with Gasteiger partial charge in [-0.25, -0.2) is 22.9 Å². The average Bonchev–Trinajstić information content (AvgIpc) is 2.68. The normalized spacial score (nSPS) is 10.8. The molecular weight excluding hydrogens is 400 g/mol. The molecule has 0 saturated heterocycles. The highest BCUT2D eigenvalue weighted by atomic mass is 32.2. The summed E-state index contributed by atoms with van der Waals surface area (Å²) in [5, 5.41) is 2.22. The van der Waals surface area contributed by atoms with Crippen molar-refractivity contribution in [3.05, 3.63) is 54.5 Å². The Morgan fingerprint density at radius 2 is 1.79 bits per heavy atom. The van der Waals surface area contributed by atoms with Crippen molar-refractivity contribution in [3.63, 3.8) is 0 Å². The quantitative estimate of drug-likeness (QED) is 0.615. The van der Waals surface area contributed by atoms with Crippen molar-refractivity contribution in [1.82, 2.24) is 24.7 Å².